The van der Waals surface area contributed by atoms with E-state index in [1.54, 1.807) is 12.1 Å². The van der Waals surface area contributed by atoms with E-state index in [0.29, 0.717) is 11.4 Å². The van der Waals surface area contributed by atoms with Crippen molar-refractivity contribution in [2.24, 2.45) is 0 Å². The van der Waals surface area contributed by atoms with E-state index in [9.17, 15) is 9.59 Å². The van der Waals surface area contributed by atoms with Crippen LogP contribution in [0.4, 0.5) is 11.4 Å². The number of benzene rings is 2. The average molecular weight is 325 g/mol. The van der Waals surface area contributed by atoms with E-state index >= 15 is 0 Å². The molecular weight excluding hydrogens is 302 g/mol. The van der Waals surface area contributed by atoms with Gasteiger partial charge >= 0.3 is 11.8 Å². The maximum Gasteiger partial charge on any atom is 0.313 e. The molecule has 5 heteroatoms. The van der Waals surface area contributed by atoms with Crippen molar-refractivity contribution in [1.82, 2.24) is 5.32 Å². The third-order valence-corrected chi connectivity index (χ3v) is 3.90. The van der Waals surface area contributed by atoms with Gasteiger partial charge in [-0.1, -0.05) is 37.3 Å². The van der Waals surface area contributed by atoms with E-state index in [0.717, 1.165) is 17.5 Å². The molecule has 0 fully saturated rings. The van der Waals surface area contributed by atoms with Crippen LogP contribution in [0.1, 0.15) is 36.6 Å². The van der Waals surface area contributed by atoms with Crippen molar-refractivity contribution in [3.05, 3.63) is 59.2 Å². The zero-order valence-electron chi connectivity index (χ0n) is 14.2. The first-order valence-corrected chi connectivity index (χ1v) is 7.97. The SMILES string of the molecule is CCc1ccc(C(C)NC(=O)C(=O)Nc2ccc(C)cc2N)cc1. The van der Waals surface area contributed by atoms with Gasteiger partial charge < -0.3 is 16.4 Å². The molecule has 0 aliphatic heterocycles. The number of amides is 2. The van der Waals surface area contributed by atoms with E-state index in [1.807, 2.05) is 44.2 Å². The molecule has 0 heterocycles. The zero-order valence-corrected chi connectivity index (χ0v) is 14.2. The summed E-state index contributed by atoms with van der Waals surface area (Å²) in [6.07, 6.45) is 0.960. The van der Waals surface area contributed by atoms with Gasteiger partial charge in [0.2, 0.25) is 0 Å². The van der Waals surface area contributed by atoms with Gasteiger partial charge in [-0.05, 0) is 49.1 Å². The fraction of sp³-hybridized carbons (Fsp3) is 0.263. The fourth-order valence-corrected chi connectivity index (χ4v) is 2.36. The van der Waals surface area contributed by atoms with E-state index in [2.05, 4.69) is 17.6 Å². The summed E-state index contributed by atoms with van der Waals surface area (Å²) in [5.41, 5.74) is 9.86. The van der Waals surface area contributed by atoms with Gasteiger partial charge in [0.1, 0.15) is 0 Å². The second-order valence-corrected chi connectivity index (χ2v) is 5.84. The molecule has 2 rings (SSSR count). The Morgan fingerprint density at radius 3 is 2.33 bits per heavy atom. The molecule has 0 saturated carbocycles. The van der Waals surface area contributed by atoms with E-state index in [-0.39, 0.29) is 6.04 Å². The van der Waals surface area contributed by atoms with Gasteiger partial charge in [-0.2, -0.15) is 0 Å². The normalized spacial score (nSPS) is 11.6. The number of carbonyl (C=O) groups is 2. The Morgan fingerprint density at radius 1 is 1.08 bits per heavy atom. The van der Waals surface area contributed by atoms with Crippen LogP contribution < -0.4 is 16.4 Å². The Kier molecular flexibility index (Phi) is 5.58. The standard InChI is InChI=1S/C19H23N3O2/c1-4-14-6-8-15(9-7-14)13(3)21-18(23)19(24)22-17-10-5-12(2)11-16(17)20/h5-11,13H,4,20H2,1-3H3,(H,21,23)(H,22,24). The molecule has 0 saturated heterocycles. The fourth-order valence-electron chi connectivity index (χ4n) is 2.36. The summed E-state index contributed by atoms with van der Waals surface area (Å²) in [6.45, 7) is 5.83. The van der Waals surface area contributed by atoms with E-state index in [1.165, 1.54) is 5.56 Å². The van der Waals surface area contributed by atoms with Crippen molar-refractivity contribution in [1.29, 1.82) is 0 Å². The van der Waals surface area contributed by atoms with Crippen molar-refractivity contribution >= 4 is 23.2 Å². The first-order chi connectivity index (χ1) is 11.4. The van der Waals surface area contributed by atoms with Gasteiger partial charge in [0.25, 0.3) is 0 Å². The summed E-state index contributed by atoms with van der Waals surface area (Å²) in [5.74, 6) is -1.43. The molecule has 0 radical (unpaired) electrons. The minimum Gasteiger partial charge on any atom is -0.397 e. The molecule has 0 bridgehead atoms. The second kappa shape index (κ2) is 7.64. The predicted octanol–water partition coefficient (Wildman–Crippen LogP) is 2.96. The van der Waals surface area contributed by atoms with Crippen molar-refractivity contribution in [3.8, 4) is 0 Å². The number of hydrogen-bond donors (Lipinski definition) is 3. The number of carbonyl (C=O) groups excluding carboxylic acids is 2. The Bertz CT molecular complexity index is 739. The van der Waals surface area contributed by atoms with Crippen LogP contribution in [0.3, 0.4) is 0 Å². The maximum absolute atomic E-state index is 12.1. The van der Waals surface area contributed by atoms with Crippen molar-refractivity contribution < 1.29 is 9.59 Å². The van der Waals surface area contributed by atoms with Gasteiger partial charge in [-0.15, -0.1) is 0 Å². The molecule has 0 aromatic heterocycles. The first kappa shape index (κ1) is 17.5. The smallest absolute Gasteiger partial charge is 0.313 e. The molecule has 1 unspecified atom stereocenters. The predicted molar refractivity (Wildman–Crippen MR) is 96.6 cm³/mol. The number of nitrogens with two attached hydrogens (primary N) is 1. The summed E-state index contributed by atoms with van der Waals surface area (Å²) in [4.78, 5) is 24.1. The summed E-state index contributed by atoms with van der Waals surface area (Å²) in [5, 5.41) is 5.23. The molecule has 0 aliphatic carbocycles. The molecule has 2 aromatic carbocycles. The summed E-state index contributed by atoms with van der Waals surface area (Å²) >= 11 is 0. The molecule has 4 N–H and O–H groups in total. The second-order valence-electron chi connectivity index (χ2n) is 5.84. The third kappa shape index (κ3) is 4.35. The molecule has 1 atom stereocenters. The van der Waals surface area contributed by atoms with Crippen molar-refractivity contribution in [2.45, 2.75) is 33.2 Å². The number of anilines is 2. The van der Waals surface area contributed by atoms with Crippen molar-refractivity contribution in [2.75, 3.05) is 11.1 Å². The van der Waals surface area contributed by atoms with Crippen LogP contribution in [0.25, 0.3) is 0 Å². The lowest BCUT2D eigenvalue weighted by molar-refractivity contribution is -0.136. The lowest BCUT2D eigenvalue weighted by Gasteiger charge is -2.15. The van der Waals surface area contributed by atoms with Gasteiger partial charge in [0.05, 0.1) is 17.4 Å². The van der Waals surface area contributed by atoms with E-state index in [4.69, 9.17) is 5.73 Å². The lowest BCUT2D eigenvalue weighted by Crippen LogP contribution is -2.37. The quantitative estimate of drug-likeness (QED) is 0.597. The number of nitrogen functional groups attached to an aromatic ring is 1. The van der Waals surface area contributed by atoms with E-state index < -0.39 is 11.8 Å². The van der Waals surface area contributed by atoms with Crippen LogP contribution in [-0.2, 0) is 16.0 Å². The Labute approximate surface area is 142 Å². The highest BCUT2D eigenvalue weighted by atomic mass is 16.2. The number of aryl methyl sites for hydroxylation is 2. The average Bonchev–Trinajstić information content (AvgIpc) is 2.57. The molecule has 2 aromatic rings. The summed E-state index contributed by atoms with van der Waals surface area (Å²) in [6, 6.07) is 12.9. The minimum absolute atomic E-state index is 0.260. The number of nitrogens with one attached hydrogen (secondary N) is 2. The molecule has 126 valence electrons. The Balaban J connectivity index is 1.98. The molecule has 0 spiro atoms. The molecule has 24 heavy (non-hydrogen) atoms. The topological polar surface area (TPSA) is 84.2 Å². The molecule has 5 nitrogen and oxygen atoms in total. The molecular formula is C19H23N3O2. The maximum atomic E-state index is 12.1. The van der Waals surface area contributed by atoms with Gasteiger partial charge in [0, 0.05) is 0 Å². The highest BCUT2D eigenvalue weighted by molar-refractivity contribution is 6.40. The van der Waals surface area contributed by atoms with Gasteiger partial charge in [-0.3, -0.25) is 9.59 Å². The number of hydrogen-bond acceptors (Lipinski definition) is 3. The largest absolute Gasteiger partial charge is 0.397 e. The van der Waals surface area contributed by atoms with Gasteiger partial charge in [0.15, 0.2) is 0 Å². The third-order valence-electron chi connectivity index (χ3n) is 3.90. The lowest BCUT2D eigenvalue weighted by atomic mass is 10.0. The van der Waals surface area contributed by atoms with Crippen LogP contribution in [0.2, 0.25) is 0 Å². The van der Waals surface area contributed by atoms with Crippen molar-refractivity contribution in [3.63, 3.8) is 0 Å². The summed E-state index contributed by atoms with van der Waals surface area (Å²) in [7, 11) is 0. The highest BCUT2D eigenvalue weighted by Gasteiger charge is 2.18. The summed E-state index contributed by atoms with van der Waals surface area (Å²) < 4.78 is 0. The minimum atomic E-state index is -0.734. The zero-order chi connectivity index (χ0) is 17.7. The van der Waals surface area contributed by atoms with Crippen LogP contribution in [0.15, 0.2) is 42.5 Å². The van der Waals surface area contributed by atoms with Crippen LogP contribution in [-0.4, -0.2) is 11.8 Å². The highest BCUT2D eigenvalue weighted by Crippen LogP contribution is 2.19. The van der Waals surface area contributed by atoms with Gasteiger partial charge in [-0.25, -0.2) is 0 Å². The Morgan fingerprint density at radius 2 is 1.75 bits per heavy atom. The van der Waals surface area contributed by atoms with Crippen LogP contribution in [0, 0.1) is 6.92 Å². The van der Waals surface area contributed by atoms with Crippen LogP contribution in [0.5, 0.6) is 0 Å². The molecule has 2 amide bonds. The number of rotatable bonds is 4. The monoisotopic (exact) mass is 325 g/mol. The Hall–Kier alpha value is -2.82. The van der Waals surface area contributed by atoms with Crippen LogP contribution >= 0.6 is 0 Å². The molecule has 0 aliphatic rings. The first-order valence-electron chi connectivity index (χ1n) is 7.97.